The number of hydrogen-bond donors (Lipinski definition) is 1. The fourth-order valence-corrected chi connectivity index (χ4v) is 5.68. The number of likely N-dealkylation sites (tertiary alicyclic amines) is 2. The Morgan fingerprint density at radius 2 is 1.72 bits per heavy atom. The van der Waals surface area contributed by atoms with Crippen molar-refractivity contribution in [3.63, 3.8) is 0 Å². The van der Waals surface area contributed by atoms with Crippen molar-refractivity contribution in [2.75, 3.05) is 26.2 Å². The molecule has 2 amide bonds. The SMILES string of the molecule is Cl.O=C(N[C@@H](CCN1CCC2(CC1)CC(=O)N(Cc1ccc(OC(F)(F)F)cc1)C2)c1ccccc1)C1CC1. The molecule has 39 heavy (non-hydrogen) atoms. The fraction of sp³-hybridized carbons (Fsp3) is 0.517. The maximum atomic E-state index is 12.8. The van der Waals surface area contributed by atoms with Crippen molar-refractivity contribution in [3.8, 4) is 5.75 Å². The Morgan fingerprint density at radius 1 is 1.05 bits per heavy atom. The molecule has 0 bridgehead atoms. The number of nitrogens with zero attached hydrogens (tertiary/aromatic N) is 2. The maximum Gasteiger partial charge on any atom is 0.573 e. The summed E-state index contributed by atoms with van der Waals surface area (Å²) in [7, 11) is 0. The predicted octanol–water partition coefficient (Wildman–Crippen LogP) is 5.48. The summed E-state index contributed by atoms with van der Waals surface area (Å²) in [6.45, 7) is 3.75. The van der Waals surface area contributed by atoms with Crippen molar-refractivity contribution in [2.45, 2.75) is 57.5 Å². The Bertz CT molecular complexity index is 1120. The topological polar surface area (TPSA) is 61.9 Å². The van der Waals surface area contributed by atoms with Gasteiger partial charge in [0.1, 0.15) is 5.75 Å². The molecular formula is C29H35ClF3N3O3. The van der Waals surface area contributed by atoms with E-state index >= 15 is 0 Å². The zero-order valence-electron chi connectivity index (χ0n) is 21.8. The third-order valence-electron chi connectivity index (χ3n) is 8.05. The van der Waals surface area contributed by atoms with Gasteiger partial charge in [0, 0.05) is 32.0 Å². The number of carbonyl (C=O) groups excluding carboxylic acids is 2. The first-order chi connectivity index (χ1) is 18.2. The van der Waals surface area contributed by atoms with E-state index in [0.29, 0.717) is 19.5 Å². The van der Waals surface area contributed by atoms with Crippen molar-refractivity contribution >= 4 is 24.2 Å². The van der Waals surface area contributed by atoms with E-state index in [-0.39, 0.29) is 47.3 Å². The monoisotopic (exact) mass is 565 g/mol. The summed E-state index contributed by atoms with van der Waals surface area (Å²) >= 11 is 0. The maximum absolute atomic E-state index is 12.8. The van der Waals surface area contributed by atoms with E-state index in [9.17, 15) is 22.8 Å². The van der Waals surface area contributed by atoms with E-state index in [1.54, 1.807) is 12.1 Å². The van der Waals surface area contributed by atoms with E-state index in [1.165, 1.54) is 12.1 Å². The minimum Gasteiger partial charge on any atom is -0.406 e. The predicted molar refractivity (Wildman–Crippen MR) is 143 cm³/mol. The highest BCUT2D eigenvalue weighted by Crippen LogP contribution is 2.42. The second kappa shape index (κ2) is 12.2. The molecule has 0 aromatic heterocycles. The van der Waals surface area contributed by atoms with Gasteiger partial charge in [-0.1, -0.05) is 42.5 Å². The molecule has 3 fully saturated rings. The largest absolute Gasteiger partial charge is 0.573 e. The average Bonchev–Trinajstić information content (AvgIpc) is 3.69. The van der Waals surface area contributed by atoms with Crippen LogP contribution in [-0.2, 0) is 16.1 Å². The third kappa shape index (κ3) is 7.88. The molecule has 3 aliphatic rings. The van der Waals surface area contributed by atoms with Crippen molar-refractivity contribution in [1.82, 2.24) is 15.1 Å². The Morgan fingerprint density at radius 3 is 2.33 bits per heavy atom. The molecule has 2 heterocycles. The first kappa shape index (κ1) is 29.2. The summed E-state index contributed by atoms with van der Waals surface area (Å²) in [4.78, 5) is 29.5. The molecule has 0 radical (unpaired) electrons. The van der Waals surface area contributed by atoms with Crippen LogP contribution in [0.25, 0.3) is 0 Å². The van der Waals surface area contributed by atoms with Gasteiger partial charge in [0.05, 0.1) is 6.04 Å². The fourth-order valence-electron chi connectivity index (χ4n) is 5.68. The molecule has 2 aliphatic heterocycles. The summed E-state index contributed by atoms with van der Waals surface area (Å²) in [6.07, 6.45) is 0.454. The lowest BCUT2D eigenvalue weighted by molar-refractivity contribution is -0.274. The lowest BCUT2D eigenvalue weighted by Crippen LogP contribution is -2.42. The highest BCUT2D eigenvalue weighted by Gasteiger charge is 2.44. The van der Waals surface area contributed by atoms with Crippen LogP contribution in [0.4, 0.5) is 13.2 Å². The number of alkyl halides is 3. The molecule has 0 unspecified atom stereocenters. The van der Waals surface area contributed by atoms with Gasteiger partial charge in [0.25, 0.3) is 0 Å². The number of carbonyl (C=O) groups is 2. The van der Waals surface area contributed by atoms with E-state index in [1.807, 2.05) is 23.1 Å². The molecule has 1 atom stereocenters. The van der Waals surface area contributed by atoms with Gasteiger partial charge in [-0.05, 0) is 73.9 Å². The van der Waals surface area contributed by atoms with Crippen molar-refractivity contribution < 1.29 is 27.5 Å². The summed E-state index contributed by atoms with van der Waals surface area (Å²) in [6, 6.07) is 15.8. The van der Waals surface area contributed by atoms with Crippen molar-refractivity contribution in [2.24, 2.45) is 11.3 Å². The smallest absolute Gasteiger partial charge is 0.406 e. The van der Waals surface area contributed by atoms with Crippen LogP contribution in [0.15, 0.2) is 54.6 Å². The zero-order valence-corrected chi connectivity index (χ0v) is 22.6. The van der Waals surface area contributed by atoms with Gasteiger partial charge in [-0.2, -0.15) is 0 Å². The number of nitrogens with one attached hydrogen (secondary N) is 1. The van der Waals surface area contributed by atoms with Crippen LogP contribution in [0.1, 0.15) is 55.7 Å². The number of ether oxygens (including phenoxy) is 1. The molecule has 10 heteroatoms. The Labute approximate surface area is 233 Å². The van der Waals surface area contributed by atoms with E-state index in [0.717, 1.165) is 62.9 Å². The Kier molecular flexibility index (Phi) is 9.11. The lowest BCUT2D eigenvalue weighted by atomic mass is 9.77. The first-order valence-electron chi connectivity index (χ1n) is 13.4. The quantitative estimate of drug-likeness (QED) is 0.437. The Balaban J connectivity index is 0.00000353. The van der Waals surface area contributed by atoms with Gasteiger partial charge in [-0.25, -0.2) is 0 Å². The lowest BCUT2D eigenvalue weighted by Gasteiger charge is -2.39. The highest BCUT2D eigenvalue weighted by atomic mass is 35.5. The molecule has 6 nitrogen and oxygen atoms in total. The molecule has 2 aromatic carbocycles. The van der Waals surface area contributed by atoms with Crippen LogP contribution in [0, 0.1) is 11.3 Å². The van der Waals surface area contributed by atoms with Crippen molar-refractivity contribution in [1.29, 1.82) is 0 Å². The molecule has 2 aromatic rings. The van der Waals surface area contributed by atoms with Crippen LogP contribution >= 0.6 is 12.4 Å². The normalized spacial score (nSPS) is 20.0. The molecule has 1 aliphatic carbocycles. The molecule has 5 rings (SSSR count). The van der Waals surface area contributed by atoms with Gasteiger partial charge >= 0.3 is 6.36 Å². The number of benzene rings is 2. The summed E-state index contributed by atoms with van der Waals surface area (Å²) in [5, 5.41) is 3.25. The van der Waals surface area contributed by atoms with Gasteiger partial charge in [-0.3, -0.25) is 9.59 Å². The van der Waals surface area contributed by atoms with Gasteiger partial charge < -0.3 is 19.9 Å². The van der Waals surface area contributed by atoms with Crippen LogP contribution in [0.5, 0.6) is 5.75 Å². The molecular weight excluding hydrogens is 531 g/mol. The van der Waals surface area contributed by atoms with Crippen LogP contribution in [0.2, 0.25) is 0 Å². The molecule has 212 valence electrons. The minimum atomic E-state index is -4.72. The Hall–Kier alpha value is -2.78. The van der Waals surface area contributed by atoms with Gasteiger partial charge in [0.2, 0.25) is 11.8 Å². The number of rotatable bonds is 9. The van der Waals surface area contributed by atoms with Crippen LogP contribution < -0.4 is 10.1 Å². The van der Waals surface area contributed by atoms with E-state index in [4.69, 9.17) is 0 Å². The average molecular weight is 566 g/mol. The summed E-state index contributed by atoms with van der Waals surface area (Å²) < 4.78 is 41.1. The molecule has 2 saturated heterocycles. The first-order valence-corrected chi connectivity index (χ1v) is 13.4. The number of hydrogen-bond acceptors (Lipinski definition) is 4. The number of piperidine rings is 1. The molecule has 1 spiro atoms. The van der Waals surface area contributed by atoms with E-state index in [2.05, 4.69) is 27.1 Å². The van der Waals surface area contributed by atoms with Gasteiger partial charge in [0.15, 0.2) is 0 Å². The summed E-state index contributed by atoms with van der Waals surface area (Å²) in [5.74, 6) is 0.161. The highest BCUT2D eigenvalue weighted by molar-refractivity contribution is 5.85. The molecule has 1 N–H and O–H groups in total. The summed E-state index contributed by atoms with van der Waals surface area (Å²) in [5.41, 5.74) is 1.86. The third-order valence-corrected chi connectivity index (χ3v) is 8.05. The zero-order chi connectivity index (χ0) is 26.8. The minimum absolute atomic E-state index is 0. The molecule has 1 saturated carbocycles. The standard InChI is InChI=1S/C29H34F3N3O3.ClH/c30-29(31,32)38-24-10-6-21(7-11-24)19-35-20-28(18-26(35)36)13-16-34(17-14-28)15-12-25(22-4-2-1-3-5-22)33-27(37)23-8-9-23;/h1-7,10-11,23,25H,8-9,12-20H2,(H,33,37);1H/t25-;/m0./s1. The number of amides is 2. The van der Waals surface area contributed by atoms with Crippen LogP contribution in [-0.4, -0.2) is 54.2 Å². The van der Waals surface area contributed by atoms with Crippen molar-refractivity contribution in [3.05, 3.63) is 65.7 Å². The number of halogens is 4. The van der Waals surface area contributed by atoms with Gasteiger partial charge in [-0.15, -0.1) is 25.6 Å². The van der Waals surface area contributed by atoms with Crippen LogP contribution in [0.3, 0.4) is 0 Å². The second-order valence-corrected chi connectivity index (χ2v) is 11.0. The second-order valence-electron chi connectivity index (χ2n) is 11.0. The van der Waals surface area contributed by atoms with E-state index < -0.39 is 6.36 Å².